The van der Waals surface area contributed by atoms with E-state index in [1.807, 2.05) is 24.3 Å². The van der Waals surface area contributed by atoms with Crippen LogP contribution in [0, 0.1) is 6.92 Å². The number of nitrogens with one attached hydrogen (secondary N) is 2. The van der Waals surface area contributed by atoms with Crippen LogP contribution in [-0.4, -0.2) is 55.8 Å². The first kappa shape index (κ1) is 24.2. The van der Waals surface area contributed by atoms with Gasteiger partial charge in [-0.05, 0) is 37.5 Å². The highest BCUT2D eigenvalue weighted by Crippen LogP contribution is 2.16. The fourth-order valence-electron chi connectivity index (χ4n) is 3.40. The second-order valence-corrected chi connectivity index (χ2v) is 7.84. The molecule has 10 nitrogen and oxygen atoms in total. The topological polar surface area (TPSA) is 123 Å². The lowest BCUT2D eigenvalue weighted by Crippen LogP contribution is -2.43. The minimum atomic E-state index is -0.393. The Morgan fingerprint density at radius 3 is 2.58 bits per heavy atom. The van der Waals surface area contributed by atoms with Crippen molar-refractivity contribution >= 4 is 23.5 Å². The van der Waals surface area contributed by atoms with Crippen molar-refractivity contribution in [2.45, 2.75) is 45.3 Å². The van der Waals surface area contributed by atoms with Crippen LogP contribution in [0.2, 0.25) is 0 Å². The summed E-state index contributed by atoms with van der Waals surface area (Å²) in [6, 6.07) is 8.91. The maximum absolute atomic E-state index is 12.8. The number of rotatable bonds is 11. The fourth-order valence-corrected chi connectivity index (χ4v) is 3.40. The van der Waals surface area contributed by atoms with Crippen molar-refractivity contribution in [3.8, 4) is 5.75 Å². The molecular weight excluding hydrogens is 428 g/mol. The average molecular weight is 459 g/mol. The second kappa shape index (κ2) is 12.0. The number of aryl methyl sites for hydroxylation is 1. The molecule has 1 aliphatic heterocycles. The maximum Gasteiger partial charge on any atom is 0.240 e. The van der Waals surface area contributed by atoms with Gasteiger partial charge in [-0.1, -0.05) is 17.3 Å². The molecule has 0 radical (unpaired) electrons. The molecule has 0 spiro atoms. The number of carbonyl (C=O) groups excluding carboxylic acids is 3. The molecule has 1 aliphatic rings. The van der Waals surface area contributed by atoms with E-state index in [1.54, 1.807) is 20.1 Å². The minimum absolute atomic E-state index is 0.00166. The van der Waals surface area contributed by atoms with Crippen LogP contribution in [0.15, 0.2) is 34.9 Å². The van der Waals surface area contributed by atoms with Crippen LogP contribution >= 0.6 is 0 Å². The third kappa shape index (κ3) is 7.60. The van der Waals surface area contributed by atoms with Crippen molar-refractivity contribution in [2.75, 3.05) is 31.7 Å². The highest BCUT2D eigenvalue weighted by molar-refractivity contribution is 5.99. The van der Waals surface area contributed by atoms with Crippen molar-refractivity contribution in [2.24, 2.45) is 0 Å². The van der Waals surface area contributed by atoms with Gasteiger partial charge in [0.25, 0.3) is 0 Å². The van der Waals surface area contributed by atoms with Gasteiger partial charge < -0.3 is 24.6 Å². The summed E-state index contributed by atoms with van der Waals surface area (Å²) >= 11 is 0. The van der Waals surface area contributed by atoms with E-state index in [4.69, 9.17) is 14.0 Å². The van der Waals surface area contributed by atoms with E-state index >= 15 is 0 Å². The normalized spacial score (nSPS) is 15.2. The van der Waals surface area contributed by atoms with Crippen LogP contribution in [0.5, 0.6) is 5.75 Å². The Kier molecular flexibility index (Phi) is 8.82. The molecular formula is C23H30N4O6. The third-order valence-electron chi connectivity index (χ3n) is 5.26. The second-order valence-electron chi connectivity index (χ2n) is 7.84. The molecule has 1 atom stereocenters. The van der Waals surface area contributed by atoms with Crippen LogP contribution in [0.3, 0.4) is 0 Å². The number of benzene rings is 1. The van der Waals surface area contributed by atoms with Crippen molar-refractivity contribution in [3.05, 3.63) is 41.7 Å². The largest absolute Gasteiger partial charge is 0.497 e. The lowest BCUT2D eigenvalue weighted by atomic mass is 10.2. The zero-order valence-corrected chi connectivity index (χ0v) is 19.0. The van der Waals surface area contributed by atoms with E-state index in [1.165, 1.54) is 4.90 Å². The minimum Gasteiger partial charge on any atom is -0.497 e. The molecule has 1 saturated heterocycles. The van der Waals surface area contributed by atoms with E-state index in [9.17, 15) is 14.4 Å². The lowest BCUT2D eigenvalue weighted by Gasteiger charge is -2.20. The smallest absolute Gasteiger partial charge is 0.240 e. The van der Waals surface area contributed by atoms with Gasteiger partial charge in [-0.15, -0.1) is 0 Å². The molecule has 2 aromatic rings. The van der Waals surface area contributed by atoms with Crippen molar-refractivity contribution in [1.29, 1.82) is 0 Å². The van der Waals surface area contributed by atoms with Crippen LogP contribution in [0.1, 0.15) is 37.0 Å². The Morgan fingerprint density at radius 2 is 1.94 bits per heavy atom. The summed E-state index contributed by atoms with van der Waals surface area (Å²) in [6.07, 6.45) is 1.79. The molecule has 33 heavy (non-hydrogen) atoms. The number of amides is 3. The Balaban J connectivity index is 1.49. The van der Waals surface area contributed by atoms with E-state index in [0.717, 1.165) is 24.2 Å². The van der Waals surface area contributed by atoms with Crippen LogP contribution < -0.4 is 20.3 Å². The number of hydrogen-bond acceptors (Lipinski definition) is 7. The molecule has 0 aliphatic carbocycles. The predicted molar refractivity (Wildman–Crippen MR) is 120 cm³/mol. The molecule has 0 bridgehead atoms. The summed E-state index contributed by atoms with van der Waals surface area (Å²) in [7, 11) is 1.59. The monoisotopic (exact) mass is 458 g/mol. The van der Waals surface area contributed by atoms with Crippen LogP contribution in [0.4, 0.5) is 5.82 Å². The lowest BCUT2D eigenvalue weighted by molar-refractivity contribution is -0.126. The number of nitrogens with zero attached hydrogens (tertiary/aromatic N) is 2. The van der Waals surface area contributed by atoms with Gasteiger partial charge in [0, 0.05) is 38.6 Å². The van der Waals surface area contributed by atoms with Crippen molar-refractivity contribution in [3.63, 3.8) is 0 Å². The quantitative estimate of drug-likeness (QED) is 0.526. The molecule has 3 amide bonds. The maximum atomic E-state index is 12.8. The molecule has 2 N–H and O–H groups in total. The van der Waals surface area contributed by atoms with E-state index < -0.39 is 5.91 Å². The van der Waals surface area contributed by atoms with E-state index in [0.29, 0.717) is 25.5 Å². The summed E-state index contributed by atoms with van der Waals surface area (Å²) in [5.74, 6) is 0.499. The number of aromatic nitrogens is 1. The van der Waals surface area contributed by atoms with Crippen molar-refractivity contribution < 1.29 is 28.4 Å². The molecule has 1 aromatic carbocycles. The SMILES string of the molecule is COc1ccc(CNC(=O)CCC(=O)N(CC(=O)NC[C@H]2CCCO2)c2cc(C)on2)cc1. The van der Waals surface area contributed by atoms with Gasteiger partial charge >= 0.3 is 0 Å². The molecule has 2 heterocycles. The average Bonchev–Trinajstić information content (AvgIpc) is 3.50. The molecule has 3 rings (SSSR count). The van der Waals surface area contributed by atoms with E-state index in [-0.39, 0.29) is 43.1 Å². The summed E-state index contributed by atoms with van der Waals surface area (Å²) < 4.78 is 15.7. The highest BCUT2D eigenvalue weighted by atomic mass is 16.5. The predicted octanol–water partition coefficient (Wildman–Crippen LogP) is 1.72. The standard InChI is InChI=1S/C23H30N4O6/c1-16-12-20(26-33-16)27(15-22(29)25-14-19-4-3-11-32-19)23(30)10-9-21(28)24-13-17-5-7-18(31-2)8-6-17/h5-8,12,19H,3-4,9-11,13-15H2,1-2H3,(H,24,28)(H,25,29)/t19-/m1/s1. The van der Waals surface area contributed by atoms with Crippen LogP contribution in [-0.2, 0) is 25.7 Å². The van der Waals surface area contributed by atoms with Gasteiger partial charge in [-0.3, -0.25) is 19.3 Å². The van der Waals surface area contributed by atoms with Gasteiger partial charge in [0.2, 0.25) is 17.7 Å². The third-order valence-corrected chi connectivity index (χ3v) is 5.26. The Hall–Kier alpha value is -3.40. The highest BCUT2D eigenvalue weighted by Gasteiger charge is 2.24. The van der Waals surface area contributed by atoms with Gasteiger partial charge in [-0.25, -0.2) is 0 Å². The zero-order valence-electron chi connectivity index (χ0n) is 19.0. The Bertz CT molecular complexity index is 937. The Morgan fingerprint density at radius 1 is 1.15 bits per heavy atom. The summed E-state index contributed by atoms with van der Waals surface area (Å²) in [6.45, 7) is 2.92. The fraction of sp³-hybridized carbons (Fsp3) is 0.478. The van der Waals surface area contributed by atoms with Gasteiger partial charge in [0.05, 0.1) is 13.2 Å². The summed E-state index contributed by atoms with van der Waals surface area (Å²) in [4.78, 5) is 38.8. The first-order chi connectivity index (χ1) is 15.9. The summed E-state index contributed by atoms with van der Waals surface area (Å²) in [5.41, 5.74) is 0.915. The molecule has 178 valence electrons. The van der Waals surface area contributed by atoms with Crippen molar-refractivity contribution in [1.82, 2.24) is 15.8 Å². The molecule has 0 unspecified atom stereocenters. The van der Waals surface area contributed by atoms with E-state index in [2.05, 4.69) is 15.8 Å². The first-order valence-electron chi connectivity index (χ1n) is 11.0. The van der Waals surface area contributed by atoms with Gasteiger partial charge in [-0.2, -0.15) is 0 Å². The Labute approximate surface area is 192 Å². The van der Waals surface area contributed by atoms with Gasteiger partial charge in [0.15, 0.2) is 5.82 Å². The van der Waals surface area contributed by atoms with Gasteiger partial charge in [0.1, 0.15) is 18.1 Å². The number of methoxy groups -OCH3 is 1. The number of hydrogen-bond donors (Lipinski definition) is 2. The molecule has 0 saturated carbocycles. The molecule has 1 fully saturated rings. The summed E-state index contributed by atoms with van der Waals surface area (Å²) in [5, 5.41) is 9.44. The number of anilines is 1. The molecule has 1 aromatic heterocycles. The molecule has 10 heteroatoms. The number of carbonyl (C=O) groups is 3. The van der Waals surface area contributed by atoms with Crippen LogP contribution in [0.25, 0.3) is 0 Å². The number of ether oxygens (including phenoxy) is 2. The first-order valence-corrected chi connectivity index (χ1v) is 11.0. The zero-order chi connectivity index (χ0) is 23.6.